The molecule has 0 heterocycles. The van der Waals surface area contributed by atoms with Crippen molar-refractivity contribution < 1.29 is 9.53 Å². The maximum Gasteiger partial charge on any atom is 0.252 e. The zero-order chi connectivity index (χ0) is 9.78. The quantitative estimate of drug-likeness (QED) is 0.603. The summed E-state index contributed by atoms with van der Waals surface area (Å²) in [6.45, 7) is 3.55. The Hall–Kier alpha value is -0.680. The van der Waals surface area contributed by atoms with Crippen molar-refractivity contribution in [2.45, 2.75) is 19.4 Å². The average Bonchev–Trinajstić information content (AvgIpc) is 2.00. The number of methoxy groups -OCH3 is 1. The molecule has 0 spiro atoms. The van der Waals surface area contributed by atoms with E-state index in [0.29, 0.717) is 0 Å². The molecule has 1 amide bonds. The van der Waals surface area contributed by atoms with Crippen molar-refractivity contribution in [3.63, 3.8) is 0 Å². The lowest BCUT2D eigenvalue weighted by atomic mass is 10.1. The van der Waals surface area contributed by atoms with E-state index in [1.54, 1.807) is 13.8 Å². The summed E-state index contributed by atoms with van der Waals surface area (Å²) in [5.74, 6) is -0.224. The van der Waals surface area contributed by atoms with Crippen LogP contribution in [0.5, 0.6) is 0 Å². The molecule has 0 aliphatic carbocycles. The van der Waals surface area contributed by atoms with Crippen LogP contribution in [0, 0.1) is 0 Å². The summed E-state index contributed by atoms with van der Waals surface area (Å²) < 4.78 is 4.94. The number of carbonyl (C=O) groups excluding carboxylic acids is 1. The third-order valence-electron chi connectivity index (χ3n) is 1.48. The van der Waals surface area contributed by atoms with Crippen LogP contribution in [0.25, 0.3) is 0 Å². The van der Waals surface area contributed by atoms with Gasteiger partial charge in [0.2, 0.25) is 0 Å². The van der Waals surface area contributed by atoms with Gasteiger partial charge >= 0.3 is 0 Å². The van der Waals surface area contributed by atoms with Crippen molar-refractivity contribution in [2.75, 3.05) is 13.7 Å². The molecule has 5 heteroatoms. The molecule has 0 saturated carbocycles. The van der Waals surface area contributed by atoms with Gasteiger partial charge in [0.1, 0.15) is 5.60 Å². The minimum absolute atomic E-state index is 0.209. The molecule has 12 heavy (non-hydrogen) atoms. The van der Waals surface area contributed by atoms with Gasteiger partial charge in [0, 0.05) is 7.11 Å². The monoisotopic (exact) mass is 190 g/mol. The zero-order valence-corrected chi connectivity index (χ0v) is 8.33. The Balaban J connectivity index is 3.96. The van der Waals surface area contributed by atoms with Gasteiger partial charge in [-0.05, 0) is 13.8 Å². The van der Waals surface area contributed by atoms with E-state index >= 15 is 0 Å². The second kappa shape index (κ2) is 4.37. The van der Waals surface area contributed by atoms with Crippen LogP contribution in [0.4, 0.5) is 0 Å². The lowest BCUT2D eigenvalue weighted by Gasteiger charge is -2.21. The minimum atomic E-state index is -0.829. The summed E-state index contributed by atoms with van der Waals surface area (Å²) in [5.41, 5.74) is 4.37. The number of thiocarbonyl (C=S) groups is 1. The topological polar surface area (TPSA) is 64.3 Å². The van der Waals surface area contributed by atoms with Crippen LogP contribution in [0.15, 0.2) is 0 Å². The first-order valence-electron chi connectivity index (χ1n) is 3.52. The molecule has 0 rings (SSSR count). The fourth-order valence-corrected chi connectivity index (χ4v) is 0.545. The van der Waals surface area contributed by atoms with Crippen LogP contribution < -0.4 is 11.1 Å². The zero-order valence-electron chi connectivity index (χ0n) is 7.51. The van der Waals surface area contributed by atoms with E-state index in [1.807, 2.05) is 0 Å². The lowest BCUT2D eigenvalue weighted by molar-refractivity contribution is -0.139. The second-order valence-electron chi connectivity index (χ2n) is 2.86. The SMILES string of the molecule is COC(C)(C)C(=O)NCC(N)=S. The summed E-state index contributed by atoms with van der Waals surface area (Å²) in [7, 11) is 1.47. The van der Waals surface area contributed by atoms with Crippen molar-refractivity contribution in [1.29, 1.82) is 0 Å². The first-order valence-corrected chi connectivity index (χ1v) is 3.92. The van der Waals surface area contributed by atoms with Gasteiger partial charge in [0.25, 0.3) is 5.91 Å². The van der Waals surface area contributed by atoms with Crippen molar-refractivity contribution >= 4 is 23.1 Å². The van der Waals surface area contributed by atoms with Gasteiger partial charge in [-0.2, -0.15) is 0 Å². The number of nitrogens with one attached hydrogen (secondary N) is 1. The highest BCUT2D eigenvalue weighted by Gasteiger charge is 2.26. The molecule has 3 N–H and O–H groups in total. The van der Waals surface area contributed by atoms with Gasteiger partial charge in [0.05, 0.1) is 11.5 Å². The van der Waals surface area contributed by atoms with Gasteiger partial charge in [-0.15, -0.1) is 0 Å². The van der Waals surface area contributed by atoms with Crippen LogP contribution in [-0.4, -0.2) is 30.2 Å². The maximum atomic E-state index is 11.2. The predicted molar refractivity (Wildman–Crippen MR) is 50.9 cm³/mol. The summed E-state index contributed by atoms with van der Waals surface area (Å²) >= 11 is 4.60. The molecule has 0 aromatic carbocycles. The van der Waals surface area contributed by atoms with Crippen LogP contribution in [0.2, 0.25) is 0 Å². The van der Waals surface area contributed by atoms with Gasteiger partial charge in [-0.25, -0.2) is 0 Å². The van der Waals surface area contributed by atoms with Gasteiger partial charge in [0.15, 0.2) is 0 Å². The summed E-state index contributed by atoms with van der Waals surface area (Å²) in [6, 6.07) is 0. The fraction of sp³-hybridized carbons (Fsp3) is 0.714. The number of amides is 1. The second-order valence-corrected chi connectivity index (χ2v) is 3.39. The highest BCUT2D eigenvalue weighted by molar-refractivity contribution is 7.80. The fourth-order valence-electron chi connectivity index (χ4n) is 0.473. The van der Waals surface area contributed by atoms with Crippen LogP contribution in [-0.2, 0) is 9.53 Å². The van der Waals surface area contributed by atoms with Crippen molar-refractivity contribution in [3.8, 4) is 0 Å². The van der Waals surface area contributed by atoms with Crippen molar-refractivity contribution in [3.05, 3.63) is 0 Å². The third-order valence-corrected chi connectivity index (χ3v) is 1.62. The lowest BCUT2D eigenvalue weighted by Crippen LogP contribution is -2.46. The summed E-state index contributed by atoms with van der Waals surface area (Å²) in [6.07, 6.45) is 0. The van der Waals surface area contributed by atoms with E-state index in [2.05, 4.69) is 17.5 Å². The molecule has 0 aliphatic rings. The van der Waals surface area contributed by atoms with E-state index in [4.69, 9.17) is 10.5 Å². The third kappa shape index (κ3) is 3.64. The molecule has 70 valence electrons. The number of carbonyl (C=O) groups is 1. The van der Waals surface area contributed by atoms with E-state index in [9.17, 15) is 4.79 Å². The molecule has 0 radical (unpaired) electrons. The highest BCUT2D eigenvalue weighted by Crippen LogP contribution is 2.06. The first kappa shape index (κ1) is 11.3. The molecule has 0 fully saturated rings. The molecule has 0 saturated heterocycles. The normalized spacial score (nSPS) is 10.9. The van der Waals surface area contributed by atoms with Crippen LogP contribution in [0.1, 0.15) is 13.8 Å². The number of nitrogens with two attached hydrogens (primary N) is 1. The molecule has 0 atom stereocenters. The van der Waals surface area contributed by atoms with Crippen LogP contribution >= 0.6 is 12.2 Å². The maximum absolute atomic E-state index is 11.2. The molecule has 0 aliphatic heterocycles. The summed E-state index contributed by atoms with van der Waals surface area (Å²) in [4.78, 5) is 11.5. The molecule has 0 unspecified atom stereocenters. The summed E-state index contributed by atoms with van der Waals surface area (Å²) in [5, 5.41) is 2.54. The molecule has 0 bridgehead atoms. The molecule has 0 aromatic rings. The van der Waals surface area contributed by atoms with E-state index in [-0.39, 0.29) is 17.4 Å². The Labute approximate surface area is 77.5 Å². The Morgan fingerprint density at radius 2 is 2.17 bits per heavy atom. The molecular formula is C7H14N2O2S. The Kier molecular flexibility index (Phi) is 4.12. The smallest absolute Gasteiger partial charge is 0.252 e. The van der Waals surface area contributed by atoms with E-state index < -0.39 is 5.60 Å². The van der Waals surface area contributed by atoms with E-state index in [1.165, 1.54) is 7.11 Å². The number of hydrogen-bond acceptors (Lipinski definition) is 3. The molecular weight excluding hydrogens is 176 g/mol. The Morgan fingerprint density at radius 1 is 1.67 bits per heavy atom. The number of rotatable bonds is 4. The predicted octanol–water partition coefficient (Wildman–Crippen LogP) is -0.186. The number of hydrogen-bond donors (Lipinski definition) is 2. The Morgan fingerprint density at radius 3 is 2.50 bits per heavy atom. The average molecular weight is 190 g/mol. The number of ether oxygens (including phenoxy) is 1. The minimum Gasteiger partial charge on any atom is -0.392 e. The van der Waals surface area contributed by atoms with Crippen molar-refractivity contribution in [1.82, 2.24) is 5.32 Å². The van der Waals surface area contributed by atoms with Gasteiger partial charge < -0.3 is 15.8 Å². The van der Waals surface area contributed by atoms with E-state index in [0.717, 1.165) is 0 Å². The molecule has 4 nitrogen and oxygen atoms in total. The Bertz CT molecular complexity index is 192. The van der Waals surface area contributed by atoms with Crippen LogP contribution in [0.3, 0.4) is 0 Å². The first-order chi connectivity index (χ1) is 5.40. The van der Waals surface area contributed by atoms with Crippen molar-refractivity contribution in [2.24, 2.45) is 5.73 Å². The van der Waals surface area contributed by atoms with Gasteiger partial charge in [-0.1, -0.05) is 12.2 Å². The van der Waals surface area contributed by atoms with Gasteiger partial charge in [-0.3, -0.25) is 4.79 Å². The largest absolute Gasteiger partial charge is 0.392 e. The highest BCUT2D eigenvalue weighted by atomic mass is 32.1. The molecule has 0 aromatic heterocycles. The standard InChI is InChI=1S/C7H14N2O2S/c1-7(2,11-3)6(10)9-4-5(8)12/h4H2,1-3H3,(H2,8,12)(H,9,10).